The molecule has 0 saturated carbocycles. The first kappa shape index (κ1) is 5.83. The topological polar surface area (TPSA) is 12.0 Å². The summed E-state index contributed by atoms with van der Waals surface area (Å²) in [6.07, 6.45) is 3.30. The molecule has 8 heavy (non-hydrogen) atoms. The maximum absolute atomic E-state index is 3.77. The lowest BCUT2D eigenvalue weighted by Gasteiger charge is -2.14. The van der Waals surface area contributed by atoms with E-state index in [-0.39, 0.29) is 0 Å². The van der Waals surface area contributed by atoms with E-state index in [1.165, 1.54) is 6.42 Å². The van der Waals surface area contributed by atoms with E-state index in [4.69, 9.17) is 0 Å². The zero-order chi connectivity index (χ0) is 6.04. The Bertz CT molecular complexity index is 90.6. The molecule has 1 heterocycles. The Hall–Kier alpha value is -0.300. The van der Waals surface area contributed by atoms with Crippen LogP contribution in [0.2, 0.25) is 0 Å². The highest BCUT2D eigenvalue weighted by Crippen LogP contribution is 2.24. The van der Waals surface area contributed by atoms with Crippen LogP contribution in [0.5, 0.6) is 0 Å². The molecule has 1 saturated heterocycles. The Labute approximate surface area is 50.8 Å². The van der Waals surface area contributed by atoms with Gasteiger partial charge < -0.3 is 5.32 Å². The molecule has 0 radical (unpaired) electrons. The van der Waals surface area contributed by atoms with Crippen LogP contribution < -0.4 is 5.32 Å². The predicted octanol–water partition coefficient (Wildman–Crippen LogP) is 1.17. The maximum Gasteiger partial charge on any atom is 0.00402 e. The molecular weight excluding hydrogens is 98.1 g/mol. The fourth-order valence-electron chi connectivity index (χ4n) is 1.01. The van der Waals surface area contributed by atoms with Gasteiger partial charge in [0.1, 0.15) is 0 Å². The van der Waals surface area contributed by atoms with Gasteiger partial charge in [0.25, 0.3) is 0 Å². The van der Waals surface area contributed by atoms with Gasteiger partial charge in [0.05, 0.1) is 0 Å². The van der Waals surface area contributed by atoms with Crippen LogP contribution in [-0.4, -0.2) is 13.1 Å². The minimum atomic E-state index is 0.389. The average Bonchev–Trinajstić information content (AvgIpc) is 2.17. The van der Waals surface area contributed by atoms with Crippen LogP contribution >= 0.6 is 0 Å². The minimum Gasteiger partial charge on any atom is -0.316 e. The highest BCUT2D eigenvalue weighted by molar-refractivity contribution is 4.96. The van der Waals surface area contributed by atoms with Crippen molar-refractivity contribution in [1.29, 1.82) is 0 Å². The zero-order valence-corrected chi connectivity index (χ0v) is 5.41. The van der Waals surface area contributed by atoms with Gasteiger partial charge in [-0.25, -0.2) is 0 Å². The zero-order valence-electron chi connectivity index (χ0n) is 5.41. The molecular formula is C7H13N. The third-order valence-electron chi connectivity index (χ3n) is 1.89. The van der Waals surface area contributed by atoms with Gasteiger partial charge >= 0.3 is 0 Å². The molecule has 1 rings (SSSR count). The molecule has 46 valence electrons. The van der Waals surface area contributed by atoms with Gasteiger partial charge in [-0.15, -0.1) is 6.58 Å². The lowest BCUT2D eigenvalue weighted by Crippen LogP contribution is -2.16. The summed E-state index contributed by atoms with van der Waals surface area (Å²) in [5, 5.41) is 3.29. The van der Waals surface area contributed by atoms with Crippen molar-refractivity contribution >= 4 is 0 Å². The molecule has 0 spiro atoms. The van der Waals surface area contributed by atoms with Crippen molar-refractivity contribution in [3.05, 3.63) is 12.7 Å². The lowest BCUT2D eigenvalue weighted by molar-refractivity contribution is 0.481. The quantitative estimate of drug-likeness (QED) is 0.501. The Morgan fingerprint density at radius 1 is 1.75 bits per heavy atom. The van der Waals surface area contributed by atoms with E-state index < -0.39 is 0 Å². The standard InChI is InChI=1S/C7H13N/c1-3-7(2)4-5-8-6-7/h3,8H,1,4-6H2,2H3. The second-order valence-corrected chi connectivity index (χ2v) is 2.78. The van der Waals surface area contributed by atoms with E-state index in [1.807, 2.05) is 6.08 Å². The number of hydrogen-bond acceptors (Lipinski definition) is 1. The highest BCUT2D eigenvalue weighted by Gasteiger charge is 2.23. The monoisotopic (exact) mass is 111 g/mol. The van der Waals surface area contributed by atoms with Gasteiger partial charge in [-0.2, -0.15) is 0 Å². The second-order valence-electron chi connectivity index (χ2n) is 2.78. The first-order chi connectivity index (χ1) is 3.77. The summed E-state index contributed by atoms with van der Waals surface area (Å²) in [7, 11) is 0. The van der Waals surface area contributed by atoms with Crippen molar-refractivity contribution in [3.8, 4) is 0 Å². The molecule has 0 bridgehead atoms. The SMILES string of the molecule is C=CC1(C)CCNC1. The van der Waals surface area contributed by atoms with E-state index in [9.17, 15) is 0 Å². The average molecular weight is 111 g/mol. The highest BCUT2D eigenvalue weighted by atomic mass is 14.9. The molecule has 1 heteroatoms. The number of hydrogen-bond donors (Lipinski definition) is 1. The van der Waals surface area contributed by atoms with Gasteiger partial charge in [0.2, 0.25) is 0 Å². The second kappa shape index (κ2) is 1.90. The van der Waals surface area contributed by atoms with Crippen molar-refractivity contribution in [3.63, 3.8) is 0 Å². The molecule has 0 amide bonds. The first-order valence-electron chi connectivity index (χ1n) is 3.11. The van der Waals surface area contributed by atoms with E-state index >= 15 is 0 Å². The Kier molecular flexibility index (Phi) is 1.39. The van der Waals surface area contributed by atoms with Crippen LogP contribution in [0, 0.1) is 5.41 Å². The lowest BCUT2D eigenvalue weighted by atomic mass is 9.90. The molecule has 1 unspecified atom stereocenters. The molecule has 0 aromatic carbocycles. The van der Waals surface area contributed by atoms with E-state index in [1.54, 1.807) is 0 Å². The van der Waals surface area contributed by atoms with E-state index in [2.05, 4.69) is 18.8 Å². The van der Waals surface area contributed by atoms with Gasteiger partial charge in [-0.1, -0.05) is 13.0 Å². The number of nitrogens with one attached hydrogen (secondary N) is 1. The largest absolute Gasteiger partial charge is 0.316 e. The van der Waals surface area contributed by atoms with Crippen molar-refractivity contribution < 1.29 is 0 Å². The minimum absolute atomic E-state index is 0.389. The summed E-state index contributed by atoms with van der Waals surface area (Å²) >= 11 is 0. The third-order valence-corrected chi connectivity index (χ3v) is 1.89. The smallest absolute Gasteiger partial charge is 0.00402 e. The summed E-state index contributed by atoms with van der Waals surface area (Å²) in [4.78, 5) is 0. The van der Waals surface area contributed by atoms with Crippen molar-refractivity contribution in [2.75, 3.05) is 13.1 Å². The van der Waals surface area contributed by atoms with Crippen molar-refractivity contribution in [2.24, 2.45) is 5.41 Å². The van der Waals surface area contributed by atoms with Gasteiger partial charge in [-0.3, -0.25) is 0 Å². The van der Waals surface area contributed by atoms with Crippen molar-refractivity contribution in [1.82, 2.24) is 5.32 Å². The van der Waals surface area contributed by atoms with Gasteiger partial charge in [0.15, 0.2) is 0 Å². The fourth-order valence-corrected chi connectivity index (χ4v) is 1.01. The first-order valence-corrected chi connectivity index (χ1v) is 3.11. The van der Waals surface area contributed by atoms with E-state index in [0.717, 1.165) is 13.1 Å². The van der Waals surface area contributed by atoms with Crippen LogP contribution in [0.4, 0.5) is 0 Å². The molecule has 1 atom stereocenters. The van der Waals surface area contributed by atoms with E-state index in [0.29, 0.717) is 5.41 Å². The summed E-state index contributed by atoms with van der Waals surface area (Å²) in [6, 6.07) is 0. The fraction of sp³-hybridized carbons (Fsp3) is 0.714. The summed E-state index contributed by atoms with van der Waals surface area (Å²) in [6.45, 7) is 8.27. The maximum atomic E-state index is 3.77. The molecule has 1 aliphatic heterocycles. The van der Waals surface area contributed by atoms with Crippen LogP contribution in [-0.2, 0) is 0 Å². The summed E-state index contributed by atoms with van der Waals surface area (Å²) in [5.74, 6) is 0. The molecule has 1 N–H and O–H groups in total. The van der Waals surface area contributed by atoms with Gasteiger partial charge in [0, 0.05) is 6.54 Å². The molecule has 0 aromatic rings. The van der Waals surface area contributed by atoms with Crippen LogP contribution in [0.1, 0.15) is 13.3 Å². The summed E-state index contributed by atoms with van der Waals surface area (Å²) < 4.78 is 0. The number of rotatable bonds is 1. The van der Waals surface area contributed by atoms with Crippen LogP contribution in [0.25, 0.3) is 0 Å². The third kappa shape index (κ3) is 0.920. The Morgan fingerprint density at radius 3 is 2.75 bits per heavy atom. The molecule has 0 aromatic heterocycles. The molecule has 1 fully saturated rings. The normalized spacial score (nSPS) is 37.6. The molecule has 1 nitrogen and oxygen atoms in total. The Morgan fingerprint density at radius 2 is 2.50 bits per heavy atom. The molecule has 1 aliphatic rings. The Balaban J connectivity index is 2.52. The molecule has 0 aliphatic carbocycles. The summed E-state index contributed by atoms with van der Waals surface area (Å²) in [5.41, 5.74) is 0.389. The van der Waals surface area contributed by atoms with Crippen LogP contribution in [0.15, 0.2) is 12.7 Å². The van der Waals surface area contributed by atoms with Gasteiger partial charge in [-0.05, 0) is 18.4 Å². The predicted molar refractivity (Wildman–Crippen MR) is 35.8 cm³/mol. The van der Waals surface area contributed by atoms with Crippen molar-refractivity contribution in [2.45, 2.75) is 13.3 Å². The van der Waals surface area contributed by atoms with Crippen LogP contribution in [0.3, 0.4) is 0 Å².